The summed E-state index contributed by atoms with van der Waals surface area (Å²) in [4.78, 5) is 20.6. The molecular formula is C17H22ClN7O2. The van der Waals surface area contributed by atoms with Crippen LogP contribution in [0.5, 0.6) is 0 Å². The molecule has 0 unspecified atom stereocenters. The summed E-state index contributed by atoms with van der Waals surface area (Å²) in [5.41, 5.74) is 6.34. The van der Waals surface area contributed by atoms with Gasteiger partial charge in [0.15, 0.2) is 5.82 Å². The fraction of sp³-hybridized carbons (Fsp3) is 0.529. The Morgan fingerprint density at radius 2 is 2.19 bits per heavy atom. The van der Waals surface area contributed by atoms with Crippen molar-refractivity contribution in [1.29, 1.82) is 0 Å². The van der Waals surface area contributed by atoms with Gasteiger partial charge in [0.1, 0.15) is 5.02 Å². The highest BCUT2D eigenvalue weighted by Gasteiger charge is 2.50. The number of halogens is 1. The highest BCUT2D eigenvalue weighted by Crippen LogP contribution is 2.49. The maximum absolute atomic E-state index is 11.9. The molecule has 2 heterocycles. The quantitative estimate of drug-likeness (QED) is 0.560. The molecule has 2 aromatic rings. The average molecular weight is 392 g/mol. The molecule has 27 heavy (non-hydrogen) atoms. The second kappa shape index (κ2) is 7.32. The van der Waals surface area contributed by atoms with Crippen LogP contribution in [-0.4, -0.2) is 43.4 Å². The zero-order chi connectivity index (χ0) is 19.0. The standard InChI is InChI=1S/C17H22ClN7O2/c18-12-7-20-17(22-11-6-21-25(8-11)3-4-26)24-16(12)23-14-10-2-1-9(5-10)13(14)15(19)27/h6-10,13-14,26H,1-5H2,(H2,19,27)(H2,20,22,23,24)/t9-,10-,13-,14+/m1/s1. The van der Waals surface area contributed by atoms with Gasteiger partial charge < -0.3 is 21.5 Å². The number of anilines is 3. The minimum Gasteiger partial charge on any atom is -0.394 e. The van der Waals surface area contributed by atoms with Crippen LogP contribution in [0, 0.1) is 17.8 Å². The number of amides is 1. The van der Waals surface area contributed by atoms with Crippen molar-refractivity contribution < 1.29 is 9.90 Å². The molecule has 0 aromatic carbocycles. The molecule has 2 saturated carbocycles. The van der Waals surface area contributed by atoms with E-state index < -0.39 is 0 Å². The summed E-state index contributed by atoms with van der Waals surface area (Å²) in [6.45, 7) is 0.423. The summed E-state index contributed by atoms with van der Waals surface area (Å²) in [6, 6.07) is -0.0474. The van der Waals surface area contributed by atoms with Crippen molar-refractivity contribution in [1.82, 2.24) is 19.7 Å². The lowest BCUT2D eigenvalue weighted by Gasteiger charge is -2.30. The van der Waals surface area contributed by atoms with Crippen molar-refractivity contribution in [2.45, 2.75) is 31.8 Å². The van der Waals surface area contributed by atoms with Crippen molar-refractivity contribution in [3.8, 4) is 0 Å². The van der Waals surface area contributed by atoms with Gasteiger partial charge in [0, 0.05) is 12.2 Å². The number of hydrogen-bond acceptors (Lipinski definition) is 7. The van der Waals surface area contributed by atoms with Gasteiger partial charge in [0.2, 0.25) is 11.9 Å². The molecule has 2 bridgehead atoms. The Bertz CT molecular complexity index is 842. The van der Waals surface area contributed by atoms with E-state index in [0.29, 0.717) is 40.9 Å². The molecule has 4 rings (SSSR count). The Morgan fingerprint density at radius 3 is 2.96 bits per heavy atom. The second-order valence-electron chi connectivity index (χ2n) is 7.16. The average Bonchev–Trinajstić information content (AvgIpc) is 3.34. The predicted molar refractivity (Wildman–Crippen MR) is 101 cm³/mol. The van der Waals surface area contributed by atoms with E-state index in [4.69, 9.17) is 22.4 Å². The van der Waals surface area contributed by atoms with Crippen LogP contribution in [0.25, 0.3) is 0 Å². The first-order chi connectivity index (χ1) is 13.0. The first-order valence-electron chi connectivity index (χ1n) is 9.04. The number of aromatic nitrogens is 4. The van der Waals surface area contributed by atoms with Gasteiger partial charge in [-0.2, -0.15) is 10.1 Å². The third-order valence-corrected chi connectivity index (χ3v) is 5.79. The molecule has 0 radical (unpaired) electrons. The molecule has 1 amide bonds. The third kappa shape index (κ3) is 3.57. The molecule has 10 heteroatoms. The number of nitrogens with zero attached hydrogens (tertiary/aromatic N) is 4. The molecule has 4 atom stereocenters. The van der Waals surface area contributed by atoms with Gasteiger partial charge in [-0.15, -0.1) is 0 Å². The normalized spacial score (nSPS) is 26.3. The topological polar surface area (TPSA) is 131 Å². The maximum Gasteiger partial charge on any atom is 0.229 e. The number of nitrogens with one attached hydrogen (secondary N) is 2. The molecule has 2 aliphatic carbocycles. The minimum atomic E-state index is -0.264. The molecule has 2 aliphatic rings. The summed E-state index contributed by atoms with van der Waals surface area (Å²) in [6.07, 6.45) is 8.05. The highest BCUT2D eigenvalue weighted by atomic mass is 35.5. The second-order valence-corrected chi connectivity index (χ2v) is 7.57. The van der Waals surface area contributed by atoms with Crippen LogP contribution in [0.15, 0.2) is 18.6 Å². The Morgan fingerprint density at radius 1 is 1.37 bits per heavy atom. The minimum absolute atomic E-state index is 0.0111. The highest BCUT2D eigenvalue weighted by molar-refractivity contribution is 6.32. The molecule has 0 spiro atoms. The molecule has 2 fully saturated rings. The summed E-state index contributed by atoms with van der Waals surface area (Å²) >= 11 is 6.28. The van der Waals surface area contributed by atoms with E-state index in [9.17, 15) is 4.79 Å². The Labute approximate surface area is 161 Å². The number of fused-ring (bicyclic) bond motifs is 2. The first-order valence-corrected chi connectivity index (χ1v) is 9.41. The number of aliphatic hydroxyl groups is 1. The van der Waals surface area contributed by atoms with Gasteiger partial charge >= 0.3 is 0 Å². The van der Waals surface area contributed by atoms with Crippen LogP contribution in [0.3, 0.4) is 0 Å². The maximum atomic E-state index is 11.9. The van der Waals surface area contributed by atoms with Crippen LogP contribution in [0.1, 0.15) is 19.3 Å². The number of carbonyl (C=O) groups is 1. The van der Waals surface area contributed by atoms with Crippen LogP contribution in [0.2, 0.25) is 5.02 Å². The van der Waals surface area contributed by atoms with Gasteiger partial charge in [-0.1, -0.05) is 11.6 Å². The number of hydrogen-bond donors (Lipinski definition) is 4. The fourth-order valence-corrected chi connectivity index (χ4v) is 4.52. The molecule has 9 nitrogen and oxygen atoms in total. The fourth-order valence-electron chi connectivity index (χ4n) is 4.38. The van der Waals surface area contributed by atoms with E-state index in [0.717, 1.165) is 19.3 Å². The van der Waals surface area contributed by atoms with E-state index in [1.165, 1.54) is 6.20 Å². The zero-order valence-electron chi connectivity index (χ0n) is 14.7. The number of nitrogens with two attached hydrogens (primary N) is 1. The summed E-state index contributed by atoms with van der Waals surface area (Å²) in [7, 11) is 0. The number of carbonyl (C=O) groups excluding carboxylic acids is 1. The van der Waals surface area contributed by atoms with Crippen molar-refractivity contribution in [2.75, 3.05) is 17.2 Å². The molecule has 5 N–H and O–H groups in total. The van der Waals surface area contributed by atoms with Crippen LogP contribution >= 0.6 is 11.6 Å². The number of rotatable bonds is 7. The Kier molecular flexibility index (Phi) is 4.88. The van der Waals surface area contributed by atoms with Gasteiger partial charge in [0.25, 0.3) is 0 Å². The summed E-state index contributed by atoms with van der Waals surface area (Å²) < 4.78 is 1.62. The lowest BCUT2D eigenvalue weighted by molar-refractivity contribution is -0.123. The molecule has 2 aromatic heterocycles. The van der Waals surface area contributed by atoms with E-state index in [2.05, 4.69) is 25.7 Å². The third-order valence-electron chi connectivity index (χ3n) is 5.51. The SMILES string of the molecule is NC(=O)[C@@H]1[C@@H]2CC[C@H](C2)[C@@H]1Nc1nc(Nc2cnn(CCO)c2)ncc1Cl. The predicted octanol–water partition coefficient (Wildman–Crippen LogP) is 1.37. The van der Waals surface area contributed by atoms with Gasteiger partial charge in [0.05, 0.1) is 37.2 Å². The van der Waals surface area contributed by atoms with E-state index in [1.54, 1.807) is 17.1 Å². The Balaban J connectivity index is 1.51. The summed E-state index contributed by atoms with van der Waals surface area (Å²) in [5.74, 6) is 1.15. The molecular weight excluding hydrogens is 370 g/mol. The lowest BCUT2D eigenvalue weighted by Crippen LogP contribution is -2.42. The van der Waals surface area contributed by atoms with E-state index in [-0.39, 0.29) is 24.5 Å². The molecule has 144 valence electrons. The van der Waals surface area contributed by atoms with Gasteiger partial charge in [-0.3, -0.25) is 9.48 Å². The zero-order valence-corrected chi connectivity index (χ0v) is 15.4. The van der Waals surface area contributed by atoms with Crippen LogP contribution in [0.4, 0.5) is 17.5 Å². The number of primary amides is 1. The van der Waals surface area contributed by atoms with Gasteiger partial charge in [-0.25, -0.2) is 4.98 Å². The number of aliphatic hydroxyl groups excluding tert-OH is 1. The van der Waals surface area contributed by atoms with Crippen molar-refractivity contribution in [2.24, 2.45) is 23.5 Å². The molecule has 0 aliphatic heterocycles. The smallest absolute Gasteiger partial charge is 0.229 e. The van der Waals surface area contributed by atoms with Crippen LogP contribution in [-0.2, 0) is 11.3 Å². The first kappa shape index (κ1) is 18.0. The van der Waals surface area contributed by atoms with Crippen molar-refractivity contribution in [3.05, 3.63) is 23.6 Å². The monoisotopic (exact) mass is 391 g/mol. The van der Waals surface area contributed by atoms with E-state index in [1.807, 2.05) is 0 Å². The van der Waals surface area contributed by atoms with Crippen LogP contribution < -0.4 is 16.4 Å². The van der Waals surface area contributed by atoms with Gasteiger partial charge in [-0.05, 0) is 31.1 Å². The lowest BCUT2D eigenvalue weighted by atomic mass is 9.84. The largest absolute Gasteiger partial charge is 0.394 e. The molecule has 0 saturated heterocycles. The summed E-state index contributed by atoms with van der Waals surface area (Å²) in [5, 5.41) is 19.9. The van der Waals surface area contributed by atoms with E-state index >= 15 is 0 Å². The Hall–Kier alpha value is -2.39. The van der Waals surface area contributed by atoms with Crippen molar-refractivity contribution >= 4 is 35.0 Å². The van der Waals surface area contributed by atoms with Crippen molar-refractivity contribution in [3.63, 3.8) is 0 Å².